The summed E-state index contributed by atoms with van der Waals surface area (Å²) in [6.45, 7) is 0.362. The van der Waals surface area contributed by atoms with Gasteiger partial charge in [-0.1, -0.05) is 97.3 Å². The molecule has 1 N–H and O–H groups in total. The van der Waals surface area contributed by atoms with Crippen LogP contribution < -0.4 is 9.47 Å². The molecular weight excluding hydrogens is 607 g/mol. The molecule has 5 rings (SSSR count). The van der Waals surface area contributed by atoms with Crippen molar-refractivity contribution in [1.82, 2.24) is 9.97 Å². The Labute approximate surface area is 272 Å². The summed E-state index contributed by atoms with van der Waals surface area (Å²) in [5.74, 6) is 1.57. The lowest BCUT2D eigenvalue weighted by Crippen LogP contribution is -2.32. The average molecular weight is 645 g/mol. The molecule has 6 nitrogen and oxygen atoms in total. The number of ether oxygens (including phenoxy) is 3. The molecule has 0 radical (unpaired) electrons. The second kappa shape index (κ2) is 17.5. The Morgan fingerprint density at radius 1 is 0.721 bits per heavy atom. The van der Waals surface area contributed by atoms with Crippen LogP contribution in [-0.4, -0.2) is 30.5 Å². The topological polar surface area (TPSA) is 73.7 Å². The highest BCUT2D eigenvalue weighted by atomic mass is 35.5. The SMILES string of the molecule is COc1ccc(C(OCc2ccc(Cl)nc2)(c2ccccc2)c2ccc(OC)cc2)cc1.OCc1ccc(Cl)nc1.[2H]Cl.[3H]C. The highest BCUT2D eigenvalue weighted by molar-refractivity contribution is 6.29. The van der Waals surface area contributed by atoms with Crippen LogP contribution >= 0.6 is 35.5 Å². The number of rotatable bonds is 9. The Bertz CT molecular complexity index is 1450. The molecule has 0 aliphatic carbocycles. The van der Waals surface area contributed by atoms with Crippen molar-refractivity contribution in [2.45, 2.75) is 26.2 Å². The summed E-state index contributed by atoms with van der Waals surface area (Å²) in [6, 6.07) is 33.2. The molecule has 3 aromatic carbocycles. The summed E-state index contributed by atoms with van der Waals surface area (Å²) in [7, 11) is 4.57. The van der Waals surface area contributed by atoms with E-state index in [0.29, 0.717) is 16.9 Å². The van der Waals surface area contributed by atoms with Gasteiger partial charge in [-0.05, 0) is 64.2 Å². The second-order valence-corrected chi connectivity index (χ2v) is 9.70. The van der Waals surface area contributed by atoms with E-state index in [9.17, 15) is 0 Å². The van der Waals surface area contributed by atoms with E-state index in [4.69, 9.17) is 45.1 Å². The summed E-state index contributed by atoms with van der Waals surface area (Å²) in [4.78, 5) is 7.95. The van der Waals surface area contributed by atoms with Crippen molar-refractivity contribution in [3.8, 4) is 11.5 Å². The minimum atomic E-state index is -0.862. The summed E-state index contributed by atoms with van der Waals surface area (Å²) >= 11 is 15.3. The van der Waals surface area contributed by atoms with Crippen molar-refractivity contribution >= 4 is 35.5 Å². The second-order valence-electron chi connectivity index (χ2n) is 8.93. The molecule has 0 fully saturated rings. The molecule has 0 saturated heterocycles. The number of nitrogens with zero attached hydrogens (tertiary/aromatic N) is 2. The van der Waals surface area contributed by atoms with Gasteiger partial charge in [-0.3, -0.25) is 0 Å². The van der Waals surface area contributed by atoms with Gasteiger partial charge in [0.15, 0.2) is 0 Å². The minimum Gasteiger partial charge on any atom is -0.497 e. The Kier molecular flexibility index (Phi) is 13.1. The number of aliphatic hydroxyl groups excluding tert-OH is 1. The number of hydrogen-bond acceptors (Lipinski definition) is 6. The van der Waals surface area contributed by atoms with Gasteiger partial charge in [0, 0.05) is 13.8 Å². The van der Waals surface area contributed by atoms with Gasteiger partial charge in [-0.25, -0.2) is 9.97 Å². The number of halogens is 3. The molecule has 0 amide bonds. The predicted octanol–water partition coefficient (Wildman–Crippen LogP) is 8.55. The molecule has 43 heavy (non-hydrogen) atoms. The van der Waals surface area contributed by atoms with Crippen molar-refractivity contribution in [3.05, 3.63) is 154 Å². The van der Waals surface area contributed by atoms with Gasteiger partial charge in [0.25, 0.3) is 0 Å². The van der Waals surface area contributed by atoms with E-state index >= 15 is 0 Å². The van der Waals surface area contributed by atoms with Crippen LogP contribution in [0.15, 0.2) is 116 Å². The van der Waals surface area contributed by atoms with E-state index in [0.717, 1.165) is 39.3 Å². The Morgan fingerprint density at radius 3 is 1.56 bits per heavy atom. The van der Waals surface area contributed by atoms with E-state index in [-0.39, 0.29) is 6.61 Å². The molecule has 5 aromatic rings. The van der Waals surface area contributed by atoms with E-state index in [1.807, 2.05) is 72.8 Å². The van der Waals surface area contributed by atoms with Gasteiger partial charge in [-0.2, -0.15) is 0 Å². The van der Waals surface area contributed by atoms with Crippen LogP contribution in [0.5, 0.6) is 11.5 Å². The summed E-state index contributed by atoms with van der Waals surface area (Å²) in [5, 5.41) is 9.45. The van der Waals surface area contributed by atoms with Crippen LogP contribution in [-0.2, 0) is 23.6 Å². The smallest absolute Gasteiger partial charge is 0.147 e. The van der Waals surface area contributed by atoms with Crippen LogP contribution in [0, 0.1) is 0 Å². The zero-order chi connectivity index (χ0) is 33.1. The molecule has 9 heteroatoms. The number of aromatic nitrogens is 2. The summed E-state index contributed by atoms with van der Waals surface area (Å²) < 4.78 is 28.5. The van der Waals surface area contributed by atoms with Crippen molar-refractivity contribution in [2.24, 2.45) is 0 Å². The fraction of sp³-hybridized carbons (Fsp3) is 0.176. The molecule has 2 aromatic heterocycles. The van der Waals surface area contributed by atoms with Crippen molar-refractivity contribution < 1.29 is 20.7 Å². The van der Waals surface area contributed by atoms with Crippen molar-refractivity contribution in [2.75, 3.05) is 14.2 Å². The third-order valence-electron chi connectivity index (χ3n) is 6.39. The maximum atomic E-state index is 8.55. The number of methoxy groups -OCH3 is 2. The highest BCUT2D eigenvalue weighted by Gasteiger charge is 2.38. The van der Waals surface area contributed by atoms with E-state index in [1.165, 1.54) is 7.40 Å². The van der Waals surface area contributed by atoms with E-state index < -0.39 is 5.60 Å². The number of hydrogen-bond donors (Lipinski definition) is 1. The number of benzene rings is 3. The molecule has 0 aliphatic heterocycles. The molecule has 2 heterocycles. The van der Waals surface area contributed by atoms with Gasteiger partial charge in [0.2, 0.25) is 0 Å². The first kappa shape index (κ1) is 32.3. The van der Waals surface area contributed by atoms with Crippen LogP contribution in [0.25, 0.3) is 0 Å². The first-order chi connectivity index (χ1) is 22.0. The van der Waals surface area contributed by atoms with Crippen LogP contribution in [0.2, 0.25) is 10.3 Å². The van der Waals surface area contributed by atoms with Crippen LogP contribution in [0.3, 0.4) is 0 Å². The maximum Gasteiger partial charge on any atom is 0.147 e. The molecule has 0 atom stereocenters. The van der Waals surface area contributed by atoms with Crippen LogP contribution in [0.4, 0.5) is 0 Å². The quantitative estimate of drug-likeness (QED) is 0.128. The van der Waals surface area contributed by atoms with Crippen molar-refractivity contribution in [3.63, 3.8) is 0 Å². The summed E-state index contributed by atoms with van der Waals surface area (Å²) in [5.41, 5.74) is 3.82. The first-order valence-electron chi connectivity index (χ1n) is 14.2. The van der Waals surface area contributed by atoms with Crippen molar-refractivity contribution in [1.29, 1.82) is 1.17 Å². The van der Waals surface area contributed by atoms with Gasteiger partial charge >= 0.3 is 0 Å². The fourth-order valence-corrected chi connectivity index (χ4v) is 4.48. The average Bonchev–Trinajstić information content (AvgIpc) is 3.12. The Morgan fingerprint density at radius 2 is 1.16 bits per heavy atom. The molecular formula is C34H35Cl3N2O4. The normalized spacial score (nSPS) is 10.7. The zero-order valence-electron chi connectivity index (χ0n) is 26.1. The largest absolute Gasteiger partial charge is 0.497 e. The monoisotopic (exact) mass is 643 g/mol. The molecule has 226 valence electrons. The molecule has 0 spiro atoms. The third kappa shape index (κ3) is 9.17. The van der Waals surface area contributed by atoms with Gasteiger partial charge < -0.3 is 19.3 Å². The lowest BCUT2D eigenvalue weighted by molar-refractivity contribution is 0.0000727. The highest BCUT2D eigenvalue weighted by Crippen LogP contribution is 2.42. The summed E-state index contributed by atoms with van der Waals surface area (Å²) in [6.07, 6.45) is 3.28. The zero-order valence-corrected chi connectivity index (χ0v) is 26.4. The van der Waals surface area contributed by atoms with Gasteiger partial charge in [0.1, 0.15) is 28.6 Å². The molecule has 0 aliphatic rings. The predicted molar refractivity (Wildman–Crippen MR) is 175 cm³/mol. The minimum absolute atomic E-state index is 0.0180. The standard InChI is InChI=1S/C27H24ClNO3.C6H6ClNO.CH4.ClH/c1-30-24-13-9-22(10-14-24)27(21-6-4-3-5-7-21,23-11-15-25(31-2)16-12-23)32-19-20-8-17-26(28)29-18-20;7-6-2-1-5(4-9)3-8-6;;/h3-18H,19H2,1-2H3;1-3,9H,4H2;1H4;1H/i;;1T;/hD. The maximum absolute atomic E-state index is 8.55. The first-order valence-corrected chi connectivity index (χ1v) is 13.5. The molecule has 0 bridgehead atoms. The van der Waals surface area contributed by atoms with Gasteiger partial charge in [0.05, 0.1) is 27.4 Å². The molecule has 0 saturated carbocycles. The Balaban J connectivity index is 0.000000458. The number of aliphatic hydroxyl groups is 1. The van der Waals surface area contributed by atoms with E-state index in [1.54, 1.807) is 44.8 Å². The fourth-order valence-electron chi connectivity index (χ4n) is 4.26. The Hall–Kier alpha value is -3.65. The van der Waals surface area contributed by atoms with Gasteiger partial charge in [-0.15, -0.1) is 12.3 Å². The molecule has 0 unspecified atom stereocenters. The number of pyridine rings is 2. The van der Waals surface area contributed by atoms with Crippen LogP contribution in [0.1, 0.15) is 36.6 Å². The lowest BCUT2D eigenvalue weighted by atomic mass is 9.80. The third-order valence-corrected chi connectivity index (χ3v) is 6.84. The lowest BCUT2D eigenvalue weighted by Gasteiger charge is -2.36. The van der Waals surface area contributed by atoms with E-state index in [2.05, 4.69) is 34.4 Å².